The van der Waals surface area contributed by atoms with Gasteiger partial charge in [0, 0.05) is 71.7 Å². The van der Waals surface area contributed by atoms with Crippen molar-refractivity contribution in [3.05, 3.63) is 94.2 Å². The lowest BCUT2D eigenvalue weighted by Gasteiger charge is -2.53. The molecule has 2 fully saturated rings. The topological polar surface area (TPSA) is 101 Å². The van der Waals surface area contributed by atoms with Gasteiger partial charge in [0.25, 0.3) is 11.8 Å². The number of benzene rings is 2. The van der Waals surface area contributed by atoms with Gasteiger partial charge in [0.2, 0.25) is 0 Å². The molecule has 2 amide bonds. The van der Waals surface area contributed by atoms with Gasteiger partial charge in [0.1, 0.15) is 10.7 Å². The fourth-order valence-corrected chi connectivity index (χ4v) is 7.66. The maximum Gasteiger partial charge on any atom is 0.351 e. The van der Waals surface area contributed by atoms with E-state index in [4.69, 9.17) is 9.47 Å². The van der Waals surface area contributed by atoms with E-state index in [-0.39, 0.29) is 35.1 Å². The van der Waals surface area contributed by atoms with Crippen LogP contribution >= 0.6 is 11.3 Å². The van der Waals surface area contributed by atoms with Crippen LogP contribution in [0.5, 0.6) is 0 Å². The third kappa shape index (κ3) is 5.25. The van der Waals surface area contributed by atoms with Gasteiger partial charge < -0.3 is 24.6 Å². The van der Waals surface area contributed by atoms with Crippen LogP contribution in [0.25, 0.3) is 10.4 Å². The number of aromatic nitrogens is 1. The Morgan fingerprint density at radius 2 is 1.78 bits per heavy atom. The first-order chi connectivity index (χ1) is 21.9. The molecule has 230 valence electrons. The summed E-state index contributed by atoms with van der Waals surface area (Å²) in [5.74, 6) is -1.17. The van der Waals surface area contributed by atoms with Crippen LogP contribution in [-0.2, 0) is 15.9 Å². The molecule has 0 saturated carbocycles. The molecule has 1 N–H and O–H groups in total. The van der Waals surface area contributed by atoms with Crippen LogP contribution in [0.4, 0.5) is 21.6 Å². The van der Waals surface area contributed by atoms with Gasteiger partial charge in [-0.1, -0.05) is 18.2 Å². The number of halogens is 1. The number of anilines is 3. The molecule has 3 aliphatic heterocycles. The zero-order valence-corrected chi connectivity index (χ0v) is 25.5. The molecule has 7 rings (SSSR count). The Labute approximate surface area is 263 Å². The quantitative estimate of drug-likeness (QED) is 0.279. The molecule has 0 atom stereocenters. The molecule has 2 aromatic carbocycles. The first kappa shape index (κ1) is 29.1. The number of nitrogens with one attached hydrogen (secondary N) is 1. The van der Waals surface area contributed by atoms with Crippen molar-refractivity contribution in [3.8, 4) is 10.4 Å². The van der Waals surface area contributed by atoms with Crippen molar-refractivity contribution in [2.45, 2.75) is 19.3 Å². The number of para-hydroxylation sites is 1. The number of pyridine rings is 1. The van der Waals surface area contributed by atoms with Crippen molar-refractivity contribution >= 4 is 46.3 Å². The van der Waals surface area contributed by atoms with E-state index in [1.807, 2.05) is 24.3 Å². The van der Waals surface area contributed by atoms with Crippen molar-refractivity contribution in [2.75, 3.05) is 55.1 Å². The van der Waals surface area contributed by atoms with E-state index in [0.717, 1.165) is 50.5 Å². The summed E-state index contributed by atoms with van der Waals surface area (Å²) in [7, 11) is 1.23. The molecule has 1 spiro atoms. The third-order valence-electron chi connectivity index (χ3n) is 8.91. The van der Waals surface area contributed by atoms with E-state index >= 15 is 4.39 Å². The van der Waals surface area contributed by atoms with Crippen LogP contribution in [0.15, 0.2) is 66.9 Å². The zero-order chi connectivity index (χ0) is 31.1. The lowest BCUT2D eigenvalue weighted by molar-refractivity contribution is -0.000511. The first-order valence-corrected chi connectivity index (χ1v) is 15.7. The van der Waals surface area contributed by atoms with Crippen LogP contribution in [0.1, 0.15) is 48.8 Å². The third-order valence-corrected chi connectivity index (χ3v) is 10.1. The van der Waals surface area contributed by atoms with E-state index in [2.05, 4.69) is 15.2 Å². The highest BCUT2D eigenvalue weighted by atomic mass is 32.1. The SMILES string of the molecule is COC(=O)c1sc2c(c1F)CCN(C(=O)c1ccc(NC(=O)c3cccnc3N3CC4(CCOCC4)C3)cc1)c1ccccc1-2. The predicted octanol–water partition coefficient (Wildman–Crippen LogP) is 5.81. The first-order valence-electron chi connectivity index (χ1n) is 14.9. The highest BCUT2D eigenvalue weighted by Gasteiger charge is 2.45. The largest absolute Gasteiger partial charge is 0.465 e. The zero-order valence-electron chi connectivity index (χ0n) is 24.7. The molecule has 9 nitrogen and oxygen atoms in total. The Hall–Kier alpha value is -4.61. The summed E-state index contributed by atoms with van der Waals surface area (Å²) >= 11 is 1.04. The van der Waals surface area contributed by atoms with Crippen molar-refractivity contribution < 1.29 is 28.2 Å². The number of hydrogen-bond acceptors (Lipinski definition) is 8. The molecular weight excluding hydrogens is 595 g/mol. The summed E-state index contributed by atoms with van der Waals surface area (Å²) in [6, 6.07) is 17.6. The molecule has 3 aliphatic rings. The van der Waals surface area contributed by atoms with E-state index in [1.54, 1.807) is 47.5 Å². The molecule has 0 radical (unpaired) electrons. The number of ether oxygens (including phenoxy) is 2. The van der Waals surface area contributed by atoms with Crippen molar-refractivity contribution in [3.63, 3.8) is 0 Å². The lowest BCUT2D eigenvalue weighted by atomic mass is 9.73. The second-order valence-electron chi connectivity index (χ2n) is 11.6. The van der Waals surface area contributed by atoms with Gasteiger partial charge in [0.15, 0.2) is 5.82 Å². The minimum Gasteiger partial charge on any atom is -0.465 e. The Morgan fingerprint density at radius 3 is 2.53 bits per heavy atom. The van der Waals surface area contributed by atoms with E-state index < -0.39 is 11.8 Å². The maximum absolute atomic E-state index is 15.3. The molecule has 45 heavy (non-hydrogen) atoms. The average molecular weight is 627 g/mol. The molecule has 0 aliphatic carbocycles. The second kappa shape index (κ2) is 11.7. The summed E-state index contributed by atoms with van der Waals surface area (Å²) < 4.78 is 25.6. The summed E-state index contributed by atoms with van der Waals surface area (Å²) in [4.78, 5) is 48.2. The average Bonchev–Trinajstić information content (AvgIpc) is 3.29. The summed E-state index contributed by atoms with van der Waals surface area (Å²) in [5.41, 5.74) is 3.42. The minimum atomic E-state index is -0.716. The summed E-state index contributed by atoms with van der Waals surface area (Å²) in [5, 5.41) is 2.95. The maximum atomic E-state index is 15.3. The number of methoxy groups -OCH3 is 1. The molecule has 2 aromatic heterocycles. The Bertz CT molecular complexity index is 1790. The Kier molecular flexibility index (Phi) is 7.58. The molecule has 11 heteroatoms. The highest BCUT2D eigenvalue weighted by Crippen LogP contribution is 2.44. The van der Waals surface area contributed by atoms with Gasteiger partial charge in [-0.3, -0.25) is 9.59 Å². The number of carbonyl (C=O) groups is 3. The number of fused-ring (bicyclic) bond motifs is 3. The van der Waals surface area contributed by atoms with Crippen LogP contribution < -0.4 is 15.1 Å². The Morgan fingerprint density at radius 1 is 1.02 bits per heavy atom. The number of rotatable bonds is 5. The normalized spacial score (nSPS) is 16.7. The van der Waals surface area contributed by atoms with Gasteiger partial charge in [-0.15, -0.1) is 11.3 Å². The molecule has 0 unspecified atom stereocenters. The van der Waals surface area contributed by atoms with Crippen LogP contribution in [0.2, 0.25) is 0 Å². The van der Waals surface area contributed by atoms with Crippen molar-refractivity contribution in [1.29, 1.82) is 0 Å². The van der Waals surface area contributed by atoms with Gasteiger partial charge in [-0.2, -0.15) is 0 Å². The minimum absolute atomic E-state index is 0.0683. The fraction of sp³-hybridized carbons (Fsp3) is 0.294. The van der Waals surface area contributed by atoms with E-state index in [9.17, 15) is 14.4 Å². The van der Waals surface area contributed by atoms with E-state index in [0.29, 0.717) is 44.3 Å². The van der Waals surface area contributed by atoms with Crippen molar-refractivity contribution in [1.82, 2.24) is 4.98 Å². The number of thiophene rings is 1. The Balaban J connectivity index is 1.07. The summed E-state index contributed by atoms with van der Waals surface area (Å²) in [6.07, 6.45) is 3.98. The van der Waals surface area contributed by atoms with Gasteiger partial charge in [-0.25, -0.2) is 14.2 Å². The number of carbonyl (C=O) groups excluding carboxylic acids is 3. The lowest BCUT2D eigenvalue weighted by Crippen LogP contribution is -2.59. The monoisotopic (exact) mass is 626 g/mol. The number of esters is 1. The fourth-order valence-electron chi connectivity index (χ4n) is 6.48. The number of amides is 2. The van der Waals surface area contributed by atoms with Crippen molar-refractivity contribution in [2.24, 2.45) is 5.41 Å². The molecule has 2 saturated heterocycles. The molecular formula is C34H31FN4O5S. The molecule has 5 heterocycles. The van der Waals surface area contributed by atoms with Crippen LogP contribution in [0, 0.1) is 11.2 Å². The van der Waals surface area contributed by atoms with E-state index in [1.165, 1.54) is 7.11 Å². The predicted molar refractivity (Wildman–Crippen MR) is 170 cm³/mol. The van der Waals surface area contributed by atoms with Gasteiger partial charge in [0.05, 0.1) is 18.4 Å². The molecule has 0 bridgehead atoms. The molecule has 4 aromatic rings. The summed E-state index contributed by atoms with van der Waals surface area (Å²) in [6.45, 7) is 3.49. The van der Waals surface area contributed by atoms with Gasteiger partial charge in [-0.05, 0) is 61.7 Å². The standard InChI is InChI=1S/C34H31FN4O5S/c1-43-33(42)29-27(35)24-12-16-39(26-7-3-2-5-23(26)28(24)45-29)32(41)21-8-10-22(11-9-21)37-31(40)25-6-4-15-36-30(25)38-19-34(20-38)13-17-44-18-14-34/h2-11,15H,12-14,16-20H2,1H3,(H,37,40). The number of hydrogen-bond donors (Lipinski definition) is 1. The second-order valence-corrected chi connectivity index (χ2v) is 12.7. The van der Waals surface area contributed by atoms with Crippen LogP contribution in [-0.4, -0.2) is 62.7 Å². The highest BCUT2D eigenvalue weighted by molar-refractivity contribution is 7.17. The smallest absolute Gasteiger partial charge is 0.351 e. The van der Waals surface area contributed by atoms with Crippen LogP contribution in [0.3, 0.4) is 0 Å². The number of nitrogens with zero attached hydrogens (tertiary/aromatic N) is 3. The van der Waals surface area contributed by atoms with Gasteiger partial charge >= 0.3 is 5.97 Å².